The van der Waals surface area contributed by atoms with Crippen LogP contribution in [0.4, 0.5) is 0 Å². The zero-order chi connectivity index (χ0) is 18.3. The lowest BCUT2D eigenvalue weighted by Crippen LogP contribution is -2.38. The minimum Gasteiger partial charge on any atom is -0.490 e. The molecule has 2 rings (SSSR count). The van der Waals surface area contributed by atoms with Crippen molar-refractivity contribution in [3.05, 3.63) is 72.4 Å². The Bertz CT molecular complexity index is 678. The molecule has 134 valence electrons. The van der Waals surface area contributed by atoms with Crippen LogP contribution in [0.1, 0.15) is 31.9 Å². The summed E-state index contributed by atoms with van der Waals surface area (Å²) in [7, 11) is 0. The van der Waals surface area contributed by atoms with Gasteiger partial charge < -0.3 is 14.8 Å². The van der Waals surface area contributed by atoms with Crippen LogP contribution in [0.15, 0.2) is 61.3 Å². The van der Waals surface area contributed by atoms with Gasteiger partial charge in [0.2, 0.25) is 0 Å². The van der Waals surface area contributed by atoms with Crippen LogP contribution in [-0.4, -0.2) is 23.2 Å². The summed E-state index contributed by atoms with van der Waals surface area (Å²) >= 11 is 0. The van der Waals surface area contributed by atoms with Gasteiger partial charge in [0.1, 0.15) is 18.0 Å². The number of aryl methyl sites for hydroxylation is 1. The highest BCUT2D eigenvalue weighted by molar-refractivity contribution is 5.22. The molecule has 1 aromatic carbocycles. The number of rotatable bonds is 8. The van der Waals surface area contributed by atoms with E-state index in [1.807, 2.05) is 58.2 Å². The van der Waals surface area contributed by atoms with E-state index in [1.165, 1.54) is 5.56 Å². The van der Waals surface area contributed by atoms with Crippen molar-refractivity contribution in [1.29, 1.82) is 0 Å². The Morgan fingerprint density at radius 2 is 1.92 bits per heavy atom. The van der Waals surface area contributed by atoms with Gasteiger partial charge in [-0.3, -0.25) is 4.98 Å². The summed E-state index contributed by atoms with van der Waals surface area (Å²) in [5.41, 5.74) is 2.02. The Morgan fingerprint density at radius 1 is 1.20 bits per heavy atom. The fraction of sp³-hybridized carbons (Fsp3) is 0.381. The Hall–Kier alpha value is -2.49. The van der Waals surface area contributed by atoms with Crippen molar-refractivity contribution >= 4 is 0 Å². The highest BCUT2D eigenvalue weighted by Crippen LogP contribution is 2.14. The van der Waals surface area contributed by atoms with Gasteiger partial charge in [-0.25, -0.2) is 0 Å². The van der Waals surface area contributed by atoms with Gasteiger partial charge in [0.05, 0.1) is 12.2 Å². The molecule has 1 heterocycles. The zero-order valence-corrected chi connectivity index (χ0v) is 15.6. The van der Waals surface area contributed by atoms with Crippen LogP contribution < -0.4 is 10.1 Å². The second kappa shape index (κ2) is 8.56. The van der Waals surface area contributed by atoms with Gasteiger partial charge in [-0.15, -0.1) is 0 Å². The fourth-order valence-corrected chi connectivity index (χ4v) is 2.48. The highest BCUT2D eigenvalue weighted by Gasteiger charge is 2.17. The molecule has 0 saturated heterocycles. The normalized spacial score (nSPS) is 12.3. The topological polar surface area (TPSA) is 43.4 Å². The lowest BCUT2D eigenvalue weighted by Gasteiger charge is -2.27. The van der Waals surface area contributed by atoms with E-state index in [4.69, 9.17) is 9.47 Å². The van der Waals surface area contributed by atoms with Crippen molar-refractivity contribution in [3.8, 4) is 5.75 Å². The summed E-state index contributed by atoms with van der Waals surface area (Å²) in [6.07, 6.45) is 4.35. The molecule has 25 heavy (non-hydrogen) atoms. The molecule has 1 atom stereocenters. The van der Waals surface area contributed by atoms with Crippen LogP contribution in [0.5, 0.6) is 5.75 Å². The van der Waals surface area contributed by atoms with E-state index in [0.717, 1.165) is 17.7 Å². The van der Waals surface area contributed by atoms with E-state index >= 15 is 0 Å². The number of nitrogens with zero attached hydrogens (tertiary/aromatic N) is 1. The third-order valence-corrected chi connectivity index (χ3v) is 3.42. The fourth-order valence-electron chi connectivity index (χ4n) is 2.48. The standard InChI is InChI=1S/C21H28N2O2/c1-16-11-20(14-22-13-16)24-15-19(12-18-9-7-6-8-10-18)23-17(2)25-21(3,4)5/h6-11,13-14,19,23H,2,12,15H2,1,3-5H3/t19-/m0/s1. The van der Waals surface area contributed by atoms with Gasteiger partial charge in [0, 0.05) is 6.20 Å². The minimum atomic E-state index is -0.289. The van der Waals surface area contributed by atoms with E-state index in [2.05, 4.69) is 29.0 Å². The van der Waals surface area contributed by atoms with Crippen molar-refractivity contribution in [3.63, 3.8) is 0 Å². The third kappa shape index (κ3) is 7.29. The summed E-state index contributed by atoms with van der Waals surface area (Å²) in [6, 6.07) is 12.3. The van der Waals surface area contributed by atoms with Crippen LogP contribution >= 0.6 is 0 Å². The molecule has 0 amide bonds. The van der Waals surface area contributed by atoms with E-state index in [9.17, 15) is 0 Å². The summed E-state index contributed by atoms with van der Waals surface area (Å²) < 4.78 is 11.7. The molecule has 4 nitrogen and oxygen atoms in total. The molecule has 0 fully saturated rings. The summed E-state index contributed by atoms with van der Waals surface area (Å²) in [5.74, 6) is 1.32. The van der Waals surface area contributed by atoms with Crippen LogP contribution in [-0.2, 0) is 11.2 Å². The van der Waals surface area contributed by atoms with Crippen molar-refractivity contribution < 1.29 is 9.47 Å². The number of hydrogen-bond donors (Lipinski definition) is 1. The van der Waals surface area contributed by atoms with Crippen LogP contribution in [0, 0.1) is 6.92 Å². The minimum absolute atomic E-state index is 0.0396. The third-order valence-electron chi connectivity index (χ3n) is 3.42. The number of hydrogen-bond acceptors (Lipinski definition) is 4. The van der Waals surface area contributed by atoms with E-state index in [-0.39, 0.29) is 11.6 Å². The smallest absolute Gasteiger partial charge is 0.180 e. The van der Waals surface area contributed by atoms with Crippen molar-refractivity contribution in [2.24, 2.45) is 0 Å². The second-order valence-electron chi connectivity index (χ2n) is 7.18. The first-order valence-electron chi connectivity index (χ1n) is 8.55. The summed E-state index contributed by atoms with van der Waals surface area (Å²) in [5, 5.41) is 3.34. The van der Waals surface area contributed by atoms with Gasteiger partial charge in [-0.1, -0.05) is 30.3 Å². The van der Waals surface area contributed by atoms with Crippen LogP contribution in [0.25, 0.3) is 0 Å². The van der Waals surface area contributed by atoms with Gasteiger partial charge in [0.25, 0.3) is 0 Å². The molecule has 0 saturated carbocycles. The first-order chi connectivity index (χ1) is 11.8. The number of benzene rings is 1. The van der Waals surface area contributed by atoms with Gasteiger partial charge >= 0.3 is 0 Å². The van der Waals surface area contributed by atoms with E-state index in [0.29, 0.717) is 12.5 Å². The van der Waals surface area contributed by atoms with Gasteiger partial charge in [-0.05, 0) is 57.9 Å². The molecular formula is C21H28N2O2. The molecule has 1 aromatic heterocycles. The van der Waals surface area contributed by atoms with Crippen LogP contribution in [0.3, 0.4) is 0 Å². The maximum absolute atomic E-state index is 5.93. The predicted molar refractivity (Wildman–Crippen MR) is 102 cm³/mol. The lowest BCUT2D eigenvalue weighted by atomic mass is 10.1. The first-order valence-corrected chi connectivity index (χ1v) is 8.55. The molecule has 0 spiro atoms. The van der Waals surface area contributed by atoms with E-state index in [1.54, 1.807) is 6.20 Å². The maximum Gasteiger partial charge on any atom is 0.180 e. The molecule has 0 unspecified atom stereocenters. The van der Waals surface area contributed by atoms with E-state index < -0.39 is 0 Å². The average Bonchev–Trinajstić information content (AvgIpc) is 2.52. The Labute approximate surface area is 150 Å². The quantitative estimate of drug-likeness (QED) is 0.729. The Morgan fingerprint density at radius 3 is 2.56 bits per heavy atom. The number of aromatic nitrogens is 1. The molecule has 0 aliphatic rings. The van der Waals surface area contributed by atoms with Crippen molar-refractivity contribution in [2.75, 3.05) is 6.61 Å². The molecule has 0 aliphatic heterocycles. The predicted octanol–water partition coefficient (Wildman–Crippen LogP) is 4.26. The lowest BCUT2D eigenvalue weighted by molar-refractivity contribution is 0.0363. The average molecular weight is 340 g/mol. The second-order valence-corrected chi connectivity index (χ2v) is 7.18. The largest absolute Gasteiger partial charge is 0.490 e. The monoisotopic (exact) mass is 340 g/mol. The molecule has 4 heteroatoms. The zero-order valence-electron chi connectivity index (χ0n) is 15.6. The van der Waals surface area contributed by atoms with Gasteiger partial charge in [-0.2, -0.15) is 0 Å². The first kappa shape index (κ1) is 18.8. The number of pyridine rings is 1. The molecule has 2 aromatic rings. The SMILES string of the molecule is C=C(N[C@H](COc1cncc(C)c1)Cc1ccccc1)OC(C)(C)C. The molecular weight excluding hydrogens is 312 g/mol. The summed E-state index contributed by atoms with van der Waals surface area (Å²) in [6.45, 7) is 12.5. The Kier molecular flexibility index (Phi) is 6.45. The maximum atomic E-state index is 5.93. The Balaban J connectivity index is 2.01. The molecule has 1 N–H and O–H groups in total. The highest BCUT2D eigenvalue weighted by atomic mass is 16.5. The van der Waals surface area contributed by atoms with Crippen LogP contribution in [0.2, 0.25) is 0 Å². The number of ether oxygens (including phenoxy) is 2. The van der Waals surface area contributed by atoms with Gasteiger partial charge in [0.15, 0.2) is 5.88 Å². The molecule has 0 radical (unpaired) electrons. The van der Waals surface area contributed by atoms with Crippen molar-refractivity contribution in [1.82, 2.24) is 10.3 Å². The van der Waals surface area contributed by atoms with Crippen molar-refractivity contribution in [2.45, 2.75) is 45.8 Å². The summed E-state index contributed by atoms with van der Waals surface area (Å²) in [4.78, 5) is 4.17. The molecule has 0 aliphatic carbocycles. The number of nitrogens with one attached hydrogen (secondary N) is 1. The molecule has 0 bridgehead atoms.